The molecule has 0 amide bonds. The van der Waals surface area contributed by atoms with Crippen LogP contribution in [0.2, 0.25) is 0 Å². The highest BCUT2D eigenvalue weighted by atomic mass is 16.7. The molecule has 2 saturated heterocycles. The van der Waals surface area contributed by atoms with Crippen LogP contribution in [0.15, 0.2) is 0 Å². The summed E-state index contributed by atoms with van der Waals surface area (Å²) >= 11 is 0. The molecule has 0 aromatic rings. The van der Waals surface area contributed by atoms with Crippen LogP contribution in [-0.2, 0) is 14.2 Å². The number of aliphatic hydroxyl groups is 8. The summed E-state index contributed by atoms with van der Waals surface area (Å²) in [5.74, 6) is 0. The van der Waals surface area contributed by atoms with E-state index in [4.69, 9.17) is 19.3 Å². The lowest BCUT2D eigenvalue weighted by Crippen LogP contribution is -2.64. The van der Waals surface area contributed by atoms with E-state index in [2.05, 4.69) is 0 Å². The average Bonchev–Trinajstić information content (AvgIpc) is 2.55. The molecule has 23 heavy (non-hydrogen) atoms. The minimum absolute atomic E-state index is 0.667. The summed E-state index contributed by atoms with van der Waals surface area (Å²) in [6.45, 7) is -1.35. The van der Waals surface area contributed by atoms with Crippen molar-refractivity contribution in [2.45, 2.75) is 61.4 Å². The zero-order valence-electron chi connectivity index (χ0n) is 12.0. The molecule has 11 nitrogen and oxygen atoms in total. The smallest absolute Gasteiger partial charge is 0.187 e. The zero-order valence-corrected chi connectivity index (χ0v) is 12.0. The fraction of sp³-hybridized carbons (Fsp3) is 1.00. The van der Waals surface area contributed by atoms with Crippen LogP contribution in [0.5, 0.6) is 0 Å². The van der Waals surface area contributed by atoms with Crippen LogP contribution in [0.1, 0.15) is 0 Å². The van der Waals surface area contributed by atoms with Crippen molar-refractivity contribution in [2.75, 3.05) is 13.2 Å². The Bertz CT molecular complexity index is 378. The van der Waals surface area contributed by atoms with Gasteiger partial charge in [-0.3, -0.25) is 0 Å². The Morgan fingerprint density at radius 1 is 0.652 bits per heavy atom. The molecule has 0 radical (unpaired) electrons. The molecule has 8 N–H and O–H groups in total. The second kappa shape index (κ2) is 7.63. The van der Waals surface area contributed by atoms with E-state index in [1.54, 1.807) is 0 Å². The lowest BCUT2D eigenvalue weighted by molar-refractivity contribution is -0.355. The second-order valence-electron chi connectivity index (χ2n) is 5.53. The van der Waals surface area contributed by atoms with Crippen molar-refractivity contribution >= 4 is 0 Å². The standard InChI is InChI=1S/C12H22O11/c13-1-3-5(15)6(16)9(19)12(22-3)23-10-4(2-14)21-11(20)8(18)7(10)17/h3-20H,1-2H2/t3?,4?,5-,6?,7+,8?,9-,10+,11-,12-/m0/s1. The van der Waals surface area contributed by atoms with E-state index in [1.807, 2.05) is 0 Å². The number of rotatable bonds is 4. The molecular formula is C12H22O11. The van der Waals surface area contributed by atoms with Gasteiger partial charge in [-0.25, -0.2) is 0 Å². The molecule has 2 heterocycles. The van der Waals surface area contributed by atoms with E-state index in [0.29, 0.717) is 0 Å². The quantitative estimate of drug-likeness (QED) is 0.243. The molecule has 0 bridgehead atoms. The molecule has 4 unspecified atom stereocenters. The first-order valence-electron chi connectivity index (χ1n) is 7.08. The van der Waals surface area contributed by atoms with Gasteiger partial charge < -0.3 is 55.1 Å². The largest absolute Gasteiger partial charge is 0.394 e. The van der Waals surface area contributed by atoms with Crippen molar-refractivity contribution in [3.05, 3.63) is 0 Å². The molecule has 0 aromatic carbocycles. The summed E-state index contributed by atoms with van der Waals surface area (Å²) in [5.41, 5.74) is 0. The SMILES string of the molecule is OCC1O[C@@H](O[C@@H]2C(CO)O[C@H](O)C(O)[C@H]2O)[C@@H](O)C(O)[C@H]1O. The normalized spacial score (nSPS) is 51.7. The average molecular weight is 342 g/mol. The summed E-state index contributed by atoms with van der Waals surface area (Å²) in [6, 6.07) is 0. The summed E-state index contributed by atoms with van der Waals surface area (Å²) in [6.07, 6.45) is -15.6. The van der Waals surface area contributed by atoms with Gasteiger partial charge in [-0.1, -0.05) is 0 Å². The molecule has 0 spiro atoms. The van der Waals surface area contributed by atoms with Gasteiger partial charge in [0.1, 0.15) is 48.8 Å². The van der Waals surface area contributed by atoms with Gasteiger partial charge in [-0.15, -0.1) is 0 Å². The molecule has 2 fully saturated rings. The van der Waals surface area contributed by atoms with Crippen molar-refractivity contribution in [3.8, 4) is 0 Å². The van der Waals surface area contributed by atoms with Crippen molar-refractivity contribution in [3.63, 3.8) is 0 Å². The topological polar surface area (TPSA) is 190 Å². The molecule has 0 saturated carbocycles. The van der Waals surface area contributed by atoms with E-state index < -0.39 is 74.6 Å². The van der Waals surface area contributed by atoms with Crippen LogP contribution in [-0.4, -0.2) is 115 Å². The maximum Gasteiger partial charge on any atom is 0.187 e. The Kier molecular flexibility index (Phi) is 6.27. The van der Waals surface area contributed by atoms with E-state index >= 15 is 0 Å². The maximum atomic E-state index is 9.94. The Hall–Kier alpha value is -0.440. The van der Waals surface area contributed by atoms with E-state index in [1.165, 1.54) is 0 Å². The summed E-state index contributed by atoms with van der Waals surface area (Å²) in [5, 5.41) is 76.5. The van der Waals surface area contributed by atoms with Gasteiger partial charge in [-0.05, 0) is 0 Å². The van der Waals surface area contributed by atoms with Crippen molar-refractivity contribution < 1.29 is 55.1 Å². The van der Waals surface area contributed by atoms with E-state index in [0.717, 1.165) is 0 Å². The molecule has 136 valence electrons. The van der Waals surface area contributed by atoms with Gasteiger partial charge in [0.15, 0.2) is 12.6 Å². The summed E-state index contributed by atoms with van der Waals surface area (Å²) in [7, 11) is 0. The van der Waals surface area contributed by atoms with Crippen LogP contribution >= 0.6 is 0 Å². The summed E-state index contributed by atoms with van der Waals surface area (Å²) in [4.78, 5) is 0. The Labute approximate surface area is 130 Å². The zero-order chi connectivity index (χ0) is 17.3. The highest BCUT2D eigenvalue weighted by Crippen LogP contribution is 2.28. The molecule has 2 aliphatic rings. The van der Waals surface area contributed by atoms with Gasteiger partial charge >= 0.3 is 0 Å². The molecule has 11 heteroatoms. The first-order chi connectivity index (χ1) is 10.8. The van der Waals surface area contributed by atoms with E-state index in [-0.39, 0.29) is 0 Å². The Balaban J connectivity index is 2.11. The first kappa shape index (κ1) is 18.9. The monoisotopic (exact) mass is 342 g/mol. The molecular weight excluding hydrogens is 320 g/mol. The predicted octanol–water partition coefficient (Wildman–Crippen LogP) is -5.40. The summed E-state index contributed by atoms with van der Waals surface area (Å²) < 4.78 is 15.3. The minimum Gasteiger partial charge on any atom is -0.394 e. The molecule has 10 atom stereocenters. The minimum atomic E-state index is -1.74. The highest BCUT2D eigenvalue weighted by Gasteiger charge is 2.50. The highest BCUT2D eigenvalue weighted by molar-refractivity contribution is 4.93. The van der Waals surface area contributed by atoms with Gasteiger partial charge in [0, 0.05) is 0 Å². The van der Waals surface area contributed by atoms with Crippen LogP contribution in [0.25, 0.3) is 0 Å². The molecule has 2 aliphatic heterocycles. The first-order valence-corrected chi connectivity index (χ1v) is 7.08. The fourth-order valence-electron chi connectivity index (χ4n) is 2.57. The van der Waals surface area contributed by atoms with Crippen molar-refractivity contribution in [1.29, 1.82) is 0 Å². The van der Waals surface area contributed by atoms with Gasteiger partial charge in [-0.2, -0.15) is 0 Å². The number of hydrogen-bond donors (Lipinski definition) is 8. The predicted molar refractivity (Wildman–Crippen MR) is 68.6 cm³/mol. The van der Waals surface area contributed by atoms with Crippen LogP contribution in [0.3, 0.4) is 0 Å². The second-order valence-corrected chi connectivity index (χ2v) is 5.53. The van der Waals surface area contributed by atoms with Crippen LogP contribution < -0.4 is 0 Å². The van der Waals surface area contributed by atoms with Crippen LogP contribution in [0.4, 0.5) is 0 Å². The number of ether oxygens (including phenoxy) is 3. The third kappa shape index (κ3) is 3.65. The van der Waals surface area contributed by atoms with Crippen molar-refractivity contribution in [2.24, 2.45) is 0 Å². The van der Waals surface area contributed by atoms with Crippen LogP contribution in [0, 0.1) is 0 Å². The van der Waals surface area contributed by atoms with Gasteiger partial charge in [0.05, 0.1) is 13.2 Å². The van der Waals surface area contributed by atoms with Crippen molar-refractivity contribution in [1.82, 2.24) is 0 Å². The molecule has 0 aliphatic carbocycles. The van der Waals surface area contributed by atoms with Gasteiger partial charge in [0.2, 0.25) is 0 Å². The Morgan fingerprint density at radius 3 is 1.83 bits per heavy atom. The molecule has 2 rings (SSSR count). The third-order valence-corrected chi connectivity index (χ3v) is 3.98. The Morgan fingerprint density at radius 2 is 1.26 bits per heavy atom. The number of aliphatic hydroxyl groups excluding tert-OH is 8. The fourth-order valence-corrected chi connectivity index (χ4v) is 2.57. The lowest BCUT2D eigenvalue weighted by atomic mass is 9.97. The molecule has 0 aromatic heterocycles. The van der Waals surface area contributed by atoms with Gasteiger partial charge in [0.25, 0.3) is 0 Å². The lowest BCUT2D eigenvalue weighted by Gasteiger charge is -2.45. The maximum absolute atomic E-state index is 9.94. The van der Waals surface area contributed by atoms with E-state index in [9.17, 15) is 35.7 Å². The third-order valence-electron chi connectivity index (χ3n) is 3.98. The number of hydrogen-bond acceptors (Lipinski definition) is 11.